The Labute approximate surface area is 142 Å². The number of hydrogen-bond donors (Lipinski definition) is 1. The third-order valence-corrected chi connectivity index (χ3v) is 4.57. The Morgan fingerprint density at radius 3 is 2.70 bits per heavy atom. The molecule has 0 atom stereocenters. The van der Waals surface area contributed by atoms with Crippen LogP contribution in [0.25, 0.3) is 22.4 Å². The number of methoxy groups -OCH3 is 2. The maximum absolute atomic E-state index is 9.75. The van der Waals surface area contributed by atoms with Crippen molar-refractivity contribution >= 4 is 45.3 Å². The summed E-state index contributed by atoms with van der Waals surface area (Å²) in [4.78, 5) is 4.55. The smallest absolute Gasteiger partial charge is 0.176 e. The van der Waals surface area contributed by atoms with E-state index in [4.69, 9.17) is 21.1 Å². The molecule has 0 fully saturated rings. The van der Waals surface area contributed by atoms with Crippen LogP contribution >= 0.6 is 22.9 Å². The summed E-state index contributed by atoms with van der Waals surface area (Å²) in [5, 5.41) is 10.9. The molecule has 3 aromatic rings. The lowest BCUT2D eigenvalue weighted by Crippen LogP contribution is -1.85. The van der Waals surface area contributed by atoms with Gasteiger partial charge in [0.15, 0.2) is 11.5 Å². The van der Waals surface area contributed by atoms with Crippen molar-refractivity contribution in [2.24, 2.45) is 0 Å². The highest BCUT2D eigenvalue weighted by atomic mass is 35.5. The molecule has 23 heavy (non-hydrogen) atoms. The van der Waals surface area contributed by atoms with Crippen molar-refractivity contribution < 1.29 is 14.6 Å². The SMILES string of the molecule is COc1ccc2nc(/C=C/c3cc(Cl)c(O)c(OC)c3)sc2c1. The molecule has 0 amide bonds. The van der Waals surface area contributed by atoms with Gasteiger partial charge in [-0.3, -0.25) is 0 Å². The zero-order valence-electron chi connectivity index (χ0n) is 12.5. The van der Waals surface area contributed by atoms with Gasteiger partial charge in [-0.2, -0.15) is 0 Å². The van der Waals surface area contributed by atoms with Gasteiger partial charge in [-0.25, -0.2) is 4.98 Å². The van der Waals surface area contributed by atoms with Crippen LogP contribution in [0.1, 0.15) is 10.6 Å². The molecular formula is C17H14ClNO3S. The van der Waals surface area contributed by atoms with E-state index in [0.717, 1.165) is 26.5 Å². The zero-order chi connectivity index (χ0) is 16.4. The maximum Gasteiger partial charge on any atom is 0.176 e. The number of halogens is 1. The Morgan fingerprint density at radius 2 is 1.96 bits per heavy atom. The van der Waals surface area contributed by atoms with Crippen LogP contribution in [0.15, 0.2) is 30.3 Å². The molecule has 4 nitrogen and oxygen atoms in total. The Kier molecular flexibility index (Phi) is 4.41. The van der Waals surface area contributed by atoms with Crippen molar-refractivity contribution in [1.82, 2.24) is 4.98 Å². The largest absolute Gasteiger partial charge is 0.503 e. The van der Waals surface area contributed by atoms with Crippen LogP contribution in [0.3, 0.4) is 0 Å². The van der Waals surface area contributed by atoms with Gasteiger partial charge >= 0.3 is 0 Å². The molecule has 0 spiro atoms. The number of ether oxygens (including phenoxy) is 2. The van der Waals surface area contributed by atoms with Gasteiger partial charge in [0, 0.05) is 0 Å². The van der Waals surface area contributed by atoms with E-state index in [-0.39, 0.29) is 10.8 Å². The van der Waals surface area contributed by atoms with E-state index in [9.17, 15) is 5.11 Å². The first kappa shape index (κ1) is 15.6. The highest BCUT2D eigenvalue weighted by molar-refractivity contribution is 7.19. The highest BCUT2D eigenvalue weighted by Crippen LogP contribution is 2.35. The van der Waals surface area contributed by atoms with Gasteiger partial charge in [-0.05, 0) is 42.0 Å². The normalized spacial score (nSPS) is 11.3. The monoisotopic (exact) mass is 347 g/mol. The number of benzene rings is 2. The molecule has 0 aliphatic heterocycles. The van der Waals surface area contributed by atoms with E-state index >= 15 is 0 Å². The number of nitrogens with zero attached hydrogens (tertiary/aromatic N) is 1. The Morgan fingerprint density at radius 1 is 1.13 bits per heavy atom. The van der Waals surface area contributed by atoms with Crippen LogP contribution in [0.5, 0.6) is 17.2 Å². The van der Waals surface area contributed by atoms with E-state index in [2.05, 4.69) is 4.98 Å². The van der Waals surface area contributed by atoms with Gasteiger partial charge in [0.2, 0.25) is 0 Å². The fourth-order valence-electron chi connectivity index (χ4n) is 2.13. The van der Waals surface area contributed by atoms with E-state index in [1.54, 1.807) is 30.6 Å². The maximum atomic E-state index is 9.75. The Hall–Kier alpha value is -2.24. The van der Waals surface area contributed by atoms with E-state index in [0.29, 0.717) is 5.75 Å². The lowest BCUT2D eigenvalue weighted by atomic mass is 10.2. The molecule has 1 N–H and O–H groups in total. The first-order valence-corrected chi connectivity index (χ1v) is 7.99. The molecule has 118 valence electrons. The molecule has 0 radical (unpaired) electrons. The van der Waals surface area contributed by atoms with Crippen LogP contribution in [0.2, 0.25) is 5.02 Å². The predicted octanol–water partition coefficient (Wildman–Crippen LogP) is 4.84. The van der Waals surface area contributed by atoms with E-state index in [1.165, 1.54) is 7.11 Å². The van der Waals surface area contributed by atoms with Crippen LogP contribution < -0.4 is 9.47 Å². The number of phenolic OH excluding ortho intramolecular Hbond substituents is 1. The minimum absolute atomic E-state index is 0.0570. The van der Waals surface area contributed by atoms with Crippen LogP contribution in [0, 0.1) is 0 Å². The molecule has 3 rings (SSSR count). The summed E-state index contributed by atoms with van der Waals surface area (Å²) in [7, 11) is 3.13. The number of rotatable bonds is 4. The van der Waals surface area contributed by atoms with Crippen molar-refractivity contribution in [3.8, 4) is 17.2 Å². The quantitative estimate of drug-likeness (QED) is 0.733. The highest BCUT2D eigenvalue weighted by Gasteiger charge is 2.08. The summed E-state index contributed by atoms with van der Waals surface area (Å²) in [6.45, 7) is 0. The fourth-order valence-corrected chi connectivity index (χ4v) is 3.25. The van der Waals surface area contributed by atoms with Crippen molar-refractivity contribution in [3.63, 3.8) is 0 Å². The standard InChI is InChI=1S/C17H14ClNO3S/c1-21-11-4-5-13-15(9-11)23-16(19-13)6-3-10-7-12(18)17(20)14(8-10)22-2/h3-9,20H,1-2H3/b6-3+. The molecule has 0 unspecified atom stereocenters. The molecule has 1 aromatic heterocycles. The van der Waals surface area contributed by atoms with Gasteiger partial charge in [0.05, 0.1) is 29.5 Å². The number of phenols is 1. The summed E-state index contributed by atoms with van der Waals surface area (Å²) < 4.78 is 11.4. The summed E-state index contributed by atoms with van der Waals surface area (Å²) in [5.74, 6) is 1.09. The van der Waals surface area contributed by atoms with Crippen molar-refractivity contribution in [1.29, 1.82) is 0 Å². The van der Waals surface area contributed by atoms with Crippen molar-refractivity contribution in [3.05, 3.63) is 45.9 Å². The number of hydrogen-bond acceptors (Lipinski definition) is 5. The second-order valence-corrected chi connectivity index (χ2v) is 6.24. The molecule has 0 saturated carbocycles. The minimum Gasteiger partial charge on any atom is -0.503 e. The molecule has 1 heterocycles. The second-order valence-electron chi connectivity index (χ2n) is 4.77. The van der Waals surface area contributed by atoms with Crippen LogP contribution in [-0.4, -0.2) is 24.3 Å². The predicted molar refractivity (Wildman–Crippen MR) is 94.8 cm³/mol. The molecule has 0 saturated heterocycles. The molecular weight excluding hydrogens is 334 g/mol. The lowest BCUT2D eigenvalue weighted by molar-refractivity contribution is 0.373. The molecule has 6 heteroatoms. The van der Waals surface area contributed by atoms with E-state index < -0.39 is 0 Å². The molecule has 0 aliphatic carbocycles. The molecule has 2 aromatic carbocycles. The van der Waals surface area contributed by atoms with Crippen LogP contribution in [0.4, 0.5) is 0 Å². The minimum atomic E-state index is -0.0570. The summed E-state index contributed by atoms with van der Waals surface area (Å²) in [6, 6.07) is 9.17. The average molecular weight is 348 g/mol. The Bertz CT molecular complexity index is 889. The van der Waals surface area contributed by atoms with Gasteiger partial charge in [-0.1, -0.05) is 17.7 Å². The molecule has 0 bridgehead atoms. The zero-order valence-corrected chi connectivity index (χ0v) is 14.1. The van der Waals surface area contributed by atoms with Crippen molar-refractivity contribution in [2.75, 3.05) is 14.2 Å². The van der Waals surface area contributed by atoms with Crippen molar-refractivity contribution in [2.45, 2.75) is 0 Å². The molecule has 0 aliphatic rings. The number of aromatic hydroxyl groups is 1. The number of fused-ring (bicyclic) bond motifs is 1. The summed E-state index contributed by atoms with van der Waals surface area (Å²) >= 11 is 7.56. The number of thiazole rings is 1. The van der Waals surface area contributed by atoms with Gasteiger partial charge in [-0.15, -0.1) is 11.3 Å². The van der Waals surface area contributed by atoms with Gasteiger partial charge in [0.1, 0.15) is 10.8 Å². The fraction of sp³-hybridized carbons (Fsp3) is 0.118. The third-order valence-electron chi connectivity index (χ3n) is 3.30. The summed E-state index contributed by atoms with van der Waals surface area (Å²) in [6.07, 6.45) is 3.78. The first-order valence-electron chi connectivity index (χ1n) is 6.80. The average Bonchev–Trinajstić information content (AvgIpc) is 2.97. The van der Waals surface area contributed by atoms with Gasteiger partial charge < -0.3 is 14.6 Å². The topological polar surface area (TPSA) is 51.6 Å². The first-order chi connectivity index (χ1) is 11.1. The van der Waals surface area contributed by atoms with Crippen LogP contribution in [-0.2, 0) is 0 Å². The lowest BCUT2D eigenvalue weighted by Gasteiger charge is -2.05. The Balaban J connectivity index is 1.92. The summed E-state index contributed by atoms with van der Waals surface area (Å²) in [5.41, 5.74) is 1.75. The van der Waals surface area contributed by atoms with E-state index in [1.807, 2.05) is 30.4 Å². The third kappa shape index (κ3) is 3.25. The second kappa shape index (κ2) is 6.48. The number of aromatic nitrogens is 1. The van der Waals surface area contributed by atoms with Gasteiger partial charge in [0.25, 0.3) is 0 Å².